The van der Waals surface area contributed by atoms with Crippen molar-refractivity contribution >= 4 is 34.8 Å². The minimum absolute atomic E-state index is 0.561. The third kappa shape index (κ3) is 1.10. The van der Waals surface area contributed by atoms with Gasteiger partial charge in [0.05, 0.1) is 5.71 Å². The molecule has 0 N–H and O–H groups in total. The molecule has 0 aromatic heterocycles. The fraction of sp³-hybridized carbons (Fsp3) is 0.667. The fourth-order valence-electron chi connectivity index (χ4n) is 1.27. The molecule has 0 amide bonds. The molecule has 0 bridgehead atoms. The zero-order chi connectivity index (χ0) is 6.97. The Balaban J connectivity index is 2.12. The summed E-state index contributed by atoms with van der Waals surface area (Å²) in [5.41, 5.74) is 1.24. The zero-order valence-electron chi connectivity index (χ0n) is 5.50. The molecule has 1 atom stereocenters. The predicted molar refractivity (Wildman–Crippen MR) is 49.6 cm³/mol. The van der Waals surface area contributed by atoms with Gasteiger partial charge in [-0.3, -0.25) is 0 Å². The molecule has 1 saturated heterocycles. The van der Waals surface area contributed by atoms with Crippen molar-refractivity contribution in [3.8, 4) is 0 Å². The van der Waals surface area contributed by atoms with Crippen LogP contribution in [-0.4, -0.2) is 28.1 Å². The van der Waals surface area contributed by atoms with Crippen LogP contribution in [0.5, 0.6) is 0 Å². The van der Waals surface area contributed by atoms with Crippen LogP contribution in [0.25, 0.3) is 0 Å². The van der Waals surface area contributed by atoms with E-state index >= 15 is 0 Å². The van der Waals surface area contributed by atoms with Gasteiger partial charge in [0.2, 0.25) is 0 Å². The van der Waals surface area contributed by atoms with Crippen molar-refractivity contribution in [2.75, 3.05) is 13.1 Å². The number of hydrogen-bond acceptors (Lipinski definition) is 3. The molecule has 0 aliphatic carbocycles. The SMILES string of the molecule is IN1CCC2C=NN=C2C1. The van der Waals surface area contributed by atoms with Gasteiger partial charge in [0.15, 0.2) is 0 Å². The van der Waals surface area contributed by atoms with E-state index < -0.39 is 0 Å². The number of nitrogens with zero attached hydrogens (tertiary/aromatic N) is 3. The van der Waals surface area contributed by atoms with Crippen LogP contribution in [0.1, 0.15) is 6.42 Å². The van der Waals surface area contributed by atoms with Crippen molar-refractivity contribution in [3.05, 3.63) is 0 Å². The molecule has 0 aromatic carbocycles. The van der Waals surface area contributed by atoms with E-state index in [0.29, 0.717) is 5.92 Å². The number of halogens is 1. The first-order valence-corrected chi connectivity index (χ1v) is 4.33. The lowest BCUT2D eigenvalue weighted by atomic mass is 9.98. The highest BCUT2D eigenvalue weighted by Gasteiger charge is 2.25. The molecule has 0 spiro atoms. The largest absolute Gasteiger partial charge is 0.242 e. The van der Waals surface area contributed by atoms with Gasteiger partial charge in [-0.15, -0.1) is 0 Å². The molecule has 1 unspecified atom stereocenters. The first-order chi connectivity index (χ1) is 4.86. The molecular formula is C6H8IN3. The molecule has 2 aliphatic heterocycles. The second kappa shape index (κ2) is 2.58. The maximum absolute atomic E-state index is 4.05. The van der Waals surface area contributed by atoms with Crippen molar-refractivity contribution in [1.82, 2.24) is 3.11 Å². The summed E-state index contributed by atoms with van der Waals surface area (Å²) < 4.78 is 2.25. The molecular weight excluding hydrogens is 241 g/mol. The average Bonchev–Trinajstić information content (AvgIpc) is 2.33. The first-order valence-electron chi connectivity index (χ1n) is 3.37. The smallest absolute Gasteiger partial charge is 0.0639 e. The third-order valence-corrected chi connectivity index (χ3v) is 2.70. The van der Waals surface area contributed by atoms with Gasteiger partial charge in [-0.05, 0) is 6.42 Å². The van der Waals surface area contributed by atoms with Crippen LogP contribution in [0, 0.1) is 5.92 Å². The molecule has 54 valence electrons. The van der Waals surface area contributed by atoms with E-state index in [0.717, 1.165) is 13.1 Å². The molecule has 0 radical (unpaired) electrons. The van der Waals surface area contributed by atoms with Crippen LogP contribution in [0.2, 0.25) is 0 Å². The van der Waals surface area contributed by atoms with Crippen molar-refractivity contribution < 1.29 is 0 Å². The highest BCUT2D eigenvalue weighted by molar-refractivity contribution is 14.1. The molecule has 1 fully saturated rings. The summed E-state index contributed by atoms with van der Waals surface area (Å²) in [5, 5.41) is 7.94. The van der Waals surface area contributed by atoms with Crippen LogP contribution in [0.3, 0.4) is 0 Å². The van der Waals surface area contributed by atoms with E-state index in [1.807, 2.05) is 6.21 Å². The summed E-state index contributed by atoms with van der Waals surface area (Å²) in [6.45, 7) is 2.15. The van der Waals surface area contributed by atoms with Gasteiger partial charge in [-0.1, -0.05) is 0 Å². The minimum atomic E-state index is 0.561. The molecule has 2 aliphatic rings. The number of piperidine rings is 1. The maximum atomic E-state index is 4.05. The normalized spacial score (nSPS) is 32.1. The first kappa shape index (κ1) is 6.72. The summed E-state index contributed by atoms with van der Waals surface area (Å²) >= 11 is 2.33. The summed E-state index contributed by atoms with van der Waals surface area (Å²) in [5.74, 6) is 0.561. The highest BCUT2D eigenvalue weighted by Crippen LogP contribution is 2.19. The standard InChI is InChI=1S/C6H8IN3/c7-10-2-1-5-3-8-9-6(5)4-10/h3,5H,1-2,4H2. The highest BCUT2D eigenvalue weighted by atomic mass is 127. The Morgan fingerprint density at radius 3 is 3.50 bits per heavy atom. The quantitative estimate of drug-likeness (QED) is 0.466. The van der Waals surface area contributed by atoms with Crippen LogP contribution in [-0.2, 0) is 0 Å². The molecule has 0 saturated carbocycles. The monoisotopic (exact) mass is 249 g/mol. The average molecular weight is 249 g/mol. The Kier molecular flexibility index (Phi) is 1.73. The van der Waals surface area contributed by atoms with Crippen molar-refractivity contribution in [3.63, 3.8) is 0 Å². The van der Waals surface area contributed by atoms with Gasteiger partial charge in [0.1, 0.15) is 0 Å². The topological polar surface area (TPSA) is 28.0 Å². The lowest BCUT2D eigenvalue weighted by Crippen LogP contribution is -2.34. The molecule has 4 heteroatoms. The lowest BCUT2D eigenvalue weighted by molar-refractivity contribution is 0.501. The second-order valence-electron chi connectivity index (χ2n) is 2.60. The third-order valence-electron chi connectivity index (χ3n) is 1.88. The molecule has 2 heterocycles. The number of hydrogen-bond donors (Lipinski definition) is 0. The summed E-state index contributed by atoms with van der Waals surface area (Å²) in [6, 6.07) is 0. The molecule has 0 aromatic rings. The van der Waals surface area contributed by atoms with E-state index in [9.17, 15) is 0 Å². The Bertz CT molecular complexity index is 199. The predicted octanol–water partition coefficient (Wildman–Crippen LogP) is 1.10. The molecule has 10 heavy (non-hydrogen) atoms. The molecule has 3 nitrogen and oxygen atoms in total. The van der Waals surface area contributed by atoms with Gasteiger partial charge in [0, 0.05) is 48.1 Å². The summed E-state index contributed by atoms with van der Waals surface area (Å²) in [6.07, 6.45) is 3.14. The van der Waals surface area contributed by atoms with E-state index in [-0.39, 0.29) is 0 Å². The van der Waals surface area contributed by atoms with Crippen molar-refractivity contribution in [1.29, 1.82) is 0 Å². The number of fused-ring (bicyclic) bond motifs is 1. The molecule has 2 rings (SSSR count). The zero-order valence-corrected chi connectivity index (χ0v) is 7.65. The maximum Gasteiger partial charge on any atom is 0.0639 e. The van der Waals surface area contributed by atoms with Gasteiger partial charge >= 0.3 is 0 Å². The van der Waals surface area contributed by atoms with Crippen LogP contribution >= 0.6 is 22.9 Å². The van der Waals surface area contributed by atoms with Gasteiger partial charge < -0.3 is 0 Å². The van der Waals surface area contributed by atoms with Gasteiger partial charge in [0.25, 0.3) is 0 Å². The summed E-state index contributed by atoms with van der Waals surface area (Å²) in [7, 11) is 0. The Labute approximate surface area is 73.7 Å². The lowest BCUT2D eigenvalue weighted by Gasteiger charge is -2.23. The Morgan fingerprint density at radius 2 is 2.60 bits per heavy atom. The van der Waals surface area contributed by atoms with Crippen molar-refractivity contribution in [2.45, 2.75) is 6.42 Å². The Hall–Kier alpha value is 0.0300. The van der Waals surface area contributed by atoms with E-state index in [1.165, 1.54) is 12.1 Å². The van der Waals surface area contributed by atoms with Gasteiger partial charge in [-0.25, -0.2) is 3.11 Å². The number of rotatable bonds is 0. The van der Waals surface area contributed by atoms with Crippen LogP contribution < -0.4 is 0 Å². The van der Waals surface area contributed by atoms with E-state index in [4.69, 9.17) is 0 Å². The minimum Gasteiger partial charge on any atom is -0.242 e. The Morgan fingerprint density at radius 1 is 1.70 bits per heavy atom. The summed E-state index contributed by atoms with van der Waals surface area (Å²) in [4.78, 5) is 0. The van der Waals surface area contributed by atoms with Crippen LogP contribution in [0.4, 0.5) is 0 Å². The van der Waals surface area contributed by atoms with Gasteiger partial charge in [-0.2, -0.15) is 10.2 Å². The second-order valence-corrected chi connectivity index (χ2v) is 3.96. The van der Waals surface area contributed by atoms with E-state index in [2.05, 4.69) is 36.2 Å². The van der Waals surface area contributed by atoms with E-state index in [1.54, 1.807) is 0 Å². The fourth-order valence-corrected chi connectivity index (χ4v) is 1.90. The van der Waals surface area contributed by atoms with Crippen molar-refractivity contribution in [2.24, 2.45) is 16.1 Å². The van der Waals surface area contributed by atoms with Crippen LogP contribution in [0.15, 0.2) is 10.2 Å².